The standard InChI is InChI=1S/C17H26N2S2.2ClH/c18-11-3-1-5-14-7-9-16(20-14)13-17-10-8-15(21-17)6-2-4-12-19;;/h7-10H,1-6,11-13,18-19H2;2*1H. The van der Waals surface area contributed by atoms with E-state index in [2.05, 4.69) is 24.3 Å². The van der Waals surface area contributed by atoms with E-state index >= 15 is 0 Å². The molecule has 0 bridgehead atoms. The van der Waals surface area contributed by atoms with Gasteiger partial charge in [-0.1, -0.05) is 0 Å². The van der Waals surface area contributed by atoms with E-state index in [0.717, 1.165) is 32.4 Å². The SMILES string of the molecule is Cl.Cl.NCCCCc1ccc(Cc2ccc(CCCCN)s2)s1. The van der Waals surface area contributed by atoms with E-state index in [-0.39, 0.29) is 24.8 Å². The van der Waals surface area contributed by atoms with Gasteiger partial charge in [-0.05, 0) is 75.9 Å². The molecule has 0 fully saturated rings. The predicted molar refractivity (Wildman–Crippen MR) is 110 cm³/mol. The van der Waals surface area contributed by atoms with Crippen molar-refractivity contribution in [1.82, 2.24) is 0 Å². The highest BCUT2D eigenvalue weighted by Gasteiger charge is 2.05. The van der Waals surface area contributed by atoms with Gasteiger partial charge in [0, 0.05) is 25.9 Å². The number of halogens is 2. The fraction of sp³-hybridized carbons (Fsp3) is 0.529. The highest BCUT2D eigenvalue weighted by molar-refractivity contribution is 7.13. The summed E-state index contributed by atoms with van der Waals surface area (Å²) in [5, 5.41) is 0. The van der Waals surface area contributed by atoms with Crippen LogP contribution in [0.3, 0.4) is 0 Å². The maximum Gasteiger partial charge on any atom is 0.0163 e. The van der Waals surface area contributed by atoms with Gasteiger partial charge in [-0.2, -0.15) is 0 Å². The molecule has 0 spiro atoms. The number of aryl methyl sites for hydroxylation is 2. The Morgan fingerprint density at radius 2 is 1.00 bits per heavy atom. The van der Waals surface area contributed by atoms with Gasteiger partial charge in [0.2, 0.25) is 0 Å². The molecule has 2 heterocycles. The van der Waals surface area contributed by atoms with Crippen LogP contribution in [0.4, 0.5) is 0 Å². The second kappa shape index (κ2) is 13.2. The van der Waals surface area contributed by atoms with Crippen LogP contribution in [0.5, 0.6) is 0 Å². The number of hydrogen-bond donors (Lipinski definition) is 2. The Labute approximate surface area is 160 Å². The molecule has 0 saturated carbocycles. The fourth-order valence-corrected chi connectivity index (χ4v) is 4.62. The van der Waals surface area contributed by atoms with Crippen molar-refractivity contribution >= 4 is 47.5 Å². The van der Waals surface area contributed by atoms with Gasteiger partial charge in [-0.25, -0.2) is 0 Å². The third-order valence-corrected chi connectivity index (χ3v) is 5.83. The number of nitrogens with two attached hydrogens (primary N) is 2. The molecule has 0 aliphatic carbocycles. The lowest BCUT2D eigenvalue weighted by molar-refractivity contribution is 0.751. The zero-order chi connectivity index (χ0) is 14.9. The molecule has 132 valence electrons. The first-order valence-corrected chi connectivity index (χ1v) is 9.50. The minimum Gasteiger partial charge on any atom is -0.330 e. The van der Waals surface area contributed by atoms with E-state index in [9.17, 15) is 0 Å². The van der Waals surface area contributed by atoms with Crippen LogP contribution in [0.1, 0.15) is 45.2 Å². The van der Waals surface area contributed by atoms with Crippen LogP contribution in [-0.4, -0.2) is 13.1 Å². The van der Waals surface area contributed by atoms with E-state index in [4.69, 9.17) is 11.5 Å². The molecule has 2 rings (SSSR count). The number of hydrogen-bond acceptors (Lipinski definition) is 4. The van der Waals surface area contributed by atoms with Crippen LogP contribution in [0, 0.1) is 0 Å². The van der Waals surface area contributed by atoms with Gasteiger partial charge in [0.15, 0.2) is 0 Å². The molecule has 2 aromatic rings. The average Bonchev–Trinajstić information content (AvgIpc) is 3.10. The first-order chi connectivity index (χ1) is 10.3. The molecule has 4 N–H and O–H groups in total. The fourth-order valence-electron chi connectivity index (χ4n) is 2.36. The summed E-state index contributed by atoms with van der Waals surface area (Å²) in [5.74, 6) is 0. The van der Waals surface area contributed by atoms with Crippen molar-refractivity contribution in [3.63, 3.8) is 0 Å². The third-order valence-electron chi connectivity index (χ3n) is 3.54. The maximum absolute atomic E-state index is 5.54. The maximum atomic E-state index is 5.54. The molecule has 0 atom stereocenters. The Kier molecular flexibility index (Phi) is 13.2. The van der Waals surface area contributed by atoms with Crippen molar-refractivity contribution in [2.45, 2.75) is 44.9 Å². The van der Waals surface area contributed by atoms with Crippen LogP contribution >= 0.6 is 47.5 Å². The number of unbranched alkanes of at least 4 members (excludes halogenated alkanes) is 2. The summed E-state index contributed by atoms with van der Waals surface area (Å²) < 4.78 is 0. The zero-order valence-corrected chi connectivity index (χ0v) is 16.7. The number of rotatable bonds is 10. The lowest BCUT2D eigenvalue weighted by Gasteiger charge is -1.96. The van der Waals surface area contributed by atoms with E-state index in [1.807, 2.05) is 22.7 Å². The highest BCUT2D eigenvalue weighted by Crippen LogP contribution is 2.26. The summed E-state index contributed by atoms with van der Waals surface area (Å²) in [5.41, 5.74) is 11.1. The van der Waals surface area contributed by atoms with Crippen molar-refractivity contribution in [2.75, 3.05) is 13.1 Å². The Bertz CT molecular complexity index is 480. The van der Waals surface area contributed by atoms with Crippen LogP contribution in [0.15, 0.2) is 24.3 Å². The molecule has 0 unspecified atom stereocenters. The Morgan fingerprint density at radius 3 is 1.39 bits per heavy atom. The summed E-state index contributed by atoms with van der Waals surface area (Å²) in [6.07, 6.45) is 8.12. The molecule has 2 nitrogen and oxygen atoms in total. The van der Waals surface area contributed by atoms with E-state index in [1.165, 1.54) is 45.2 Å². The zero-order valence-electron chi connectivity index (χ0n) is 13.5. The van der Waals surface area contributed by atoms with Gasteiger partial charge in [0.25, 0.3) is 0 Å². The second-order valence-electron chi connectivity index (χ2n) is 5.40. The van der Waals surface area contributed by atoms with E-state index in [1.54, 1.807) is 0 Å². The first-order valence-electron chi connectivity index (χ1n) is 7.87. The summed E-state index contributed by atoms with van der Waals surface area (Å²) in [7, 11) is 0. The molecule has 0 saturated heterocycles. The van der Waals surface area contributed by atoms with Crippen molar-refractivity contribution in [1.29, 1.82) is 0 Å². The average molecular weight is 395 g/mol. The Balaban J connectivity index is 0.00000242. The molecular weight excluding hydrogens is 367 g/mol. The largest absolute Gasteiger partial charge is 0.330 e. The van der Waals surface area contributed by atoms with Crippen molar-refractivity contribution in [3.8, 4) is 0 Å². The van der Waals surface area contributed by atoms with E-state index in [0.29, 0.717) is 0 Å². The predicted octanol–water partition coefficient (Wildman–Crippen LogP) is 4.81. The molecule has 0 radical (unpaired) electrons. The van der Waals surface area contributed by atoms with Crippen LogP contribution in [0.25, 0.3) is 0 Å². The van der Waals surface area contributed by atoms with Gasteiger partial charge in [0.05, 0.1) is 0 Å². The minimum atomic E-state index is 0. The van der Waals surface area contributed by atoms with Gasteiger partial charge < -0.3 is 11.5 Å². The second-order valence-corrected chi connectivity index (χ2v) is 7.91. The molecule has 23 heavy (non-hydrogen) atoms. The lowest BCUT2D eigenvalue weighted by atomic mass is 10.2. The molecule has 0 aromatic carbocycles. The van der Waals surface area contributed by atoms with Crippen LogP contribution in [0.2, 0.25) is 0 Å². The molecule has 0 aliphatic heterocycles. The van der Waals surface area contributed by atoms with E-state index < -0.39 is 0 Å². The van der Waals surface area contributed by atoms with Gasteiger partial charge in [0.1, 0.15) is 0 Å². The molecule has 0 amide bonds. The van der Waals surface area contributed by atoms with Crippen LogP contribution in [-0.2, 0) is 19.3 Å². The monoisotopic (exact) mass is 394 g/mol. The molecule has 6 heteroatoms. The smallest absolute Gasteiger partial charge is 0.0163 e. The first kappa shape index (κ1) is 22.9. The van der Waals surface area contributed by atoms with Crippen LogP contribution < -0.4 is 11.5 Å². The summed E-state index contributed by atoms with van der Waals surface area (Å²) in [6.45, 7) is 1.61. The Hall–Kier alpha value is -0.100. The molecule has 0 aliphatic rings. The Morgan fingerprint density at radius 1 is 0.609 bits per heavy atom. The summed E-state index contributed by atoms with van der Waals surface area (Å²) in [6, 6.07) is 9.14. The van der Waals surface area contributed by atoms with Gasteiger partial charge in [-0.3, -0.25) is 0 Å². The highest BCUT2D eigenvalue weighted by atomic mass is 35.5. The third kappa shape index (κ3) is 8.52. The number of thiophene rings is 2. The quantitative estimate of drug-likeness (QED) is 0.568. The lowest BCUT2D eigenvalue weighted by Crippen LogP contribution is -1.98. The normalized spacial score (nSPS) is 10.2. The minimum absolute atomic E-state index is 0. The van der Waals surface area contributed by atoms with Crippen molar-refractivity contribution < 1.29 is 0 Å². The van der Waals surface area contributed by atoms with Crippen molar-refractivity contribution in [3.05, 3.63) is 43.8 Å². The topological polar surface area (TPSA) is 52.0 Å². The molecular formula is C17H28Cl2N2S2. The summed E-state index contributed by atoms with van der Waals surface area (Å²) >= 11 is 3.92. The van der Waals surface area contributed by atoms with Gasteiger partial charge in [-0.15, -0.1) is 47.5 Å². The van der Waals surface area contributed by atoms with Crippen molar-refractivity contribution in [2.24, 2.45) is 11.5 Å². The van der Waals surface area contributed by atoms with Gasteiger partial charge >= 0.3 is 0 Å². The summed E-state index contributed by atoms with van der Waals surface area (Å²) in [4.78, 5) is 5.96. The molecule has 2 aromatic heterocycles.